The summed E-state index contributed by atoms with van der Waals surface area (Å²) < 4.78 is 12.1. The van der Waals surface area contributed by atoms with E-state index in [0.717, 1.165) is 27.4 Å². The van der Waals surface area contributed by atoms with Crippen molar-refractivity contribution in [2.24, 2.45) is 0 Å². The number of amides is 2. The Labute approximate surface area is 176 Å². The molecule has 0 atom stereocenters. The molecule has 0 N–H and O–H groups in total. The molecule has 2 amide bonds. The second-order valence-electron chi connectivity index (χ2n) is 6.44. The van der Waals surface area contributed by atoms with Crippen LogP contribution in [0.4, 0.5) is 4.79 Å². The van der Waals surface area contributed by atoms with Crippen LogP contribution in [-0.2, 0) is 11.4 Å². The van der Waals surface area contributed by atoms with Gasteiger partial charge in [0.2, 0.25) is 0 Å². The number of imide groups is 1. The zero-order valence-electron chi connectivity index (χ0n) is 15.8. The summed E-state index contributed by atoms with van der Waals surface area (Å²) in [6, 6.07) is 13.3. The van der Waals surface area contributed by atoms with Gasteiger partial charge in [0.05, 0.1) is 12.0 Å². The lowest BCUT2D eigenvalue weighted by Gasteiger charge is -2.16. The van der Waals surface area contributed by atoms with E-state index in [0.29, 0.717) is 23.0 Å². The van der Waals surface area contributed by atoms with Crippen molar-refractivity contribution in [3.63, 3.8) is 0 Å². The van der Waals surface area contributed by atoms with Gasteiger partial charge in [0.25, 0.3) is 11.1 Å². The Bertz CT molecular complexity index is 928. The van der Waals surface area contributed by atoms with Crippen molar-refractivity contribution in [2.45, 2.75) is 26.5 Å². The molecule has 28 heavy (non-hydrogen) atoms. The molecule has 1 fully saturated rings. The lowest BCUT2D eigenvalue weighted by atomic mass is 10.1. The lowest BCUT2D eigenvalue weighted by molar-refractivity contribution is -0.123. The largest absolute Gasteiger partial charge is 0.493 e. The van der Waals surface area contributed by atoms with Crippen LogP contribution >= 0.6 is 27.7 Å². The standard InChI is InChI=1S/C21H20BrNO4S/c1-13(2)23-20(24)19(28-21(23)25)10-15-9-17(26-3)18(11-16(15)22)27-12-14-7-5-4-6-8-14/h4-11,13H,12H2,1-3H3/b19-10+. The fourth-order valence-corrected chi connectivity index (χ4v) is 4.12. The monoisotopic (exact) mass is 461 g/mol. The van der Waals surface area contributed by atoms with Crippen LogP contribution < -0.4 is 9.47 Å². The van der Waals surface area contributed by atoms with Gasteiger partial charge in [0.15, 0.2) is 11.5 Å². The molecule has 1 aliphatic heterocycles. The average Bonchev–Trinajstić information content (AvgIpc) is 2.95. The van der Waals surface area contributed by atoms with Crippen LogP contribution in [0.15, 0.2) is 51.8 Å². The van der Waals surface area contributed by atoms with E-state index in [2.05, 4.69) is 15.9 Å². The highest BCUT2D eigenvalue weighted by Gasteiger charge is 2.36. The highest BCUT2D eigenvalue weighted by Crippen LogP contribution is 2.38. The number of carbonyl (C=O) groups is 2. The summed E-state index contributed by atoms with van der Waals surface area (Å²) in [5.74, 6) is 0.861. The summed E-state index contributed by atoms with van der Waals surface area (Å²) in [5, 5.41) is -0.253. The number of methoxy groups -OCH3 is 1. The van der Waals surface area contributed by atoms with Gasteiger partial charge in [-0.15, -0.1) is 0 Å². The molecule has 7 heteroatoms. The molecule has 1 saturated heterocycles. The third-order valence-corrected chi connectivity index (χ3v) is 5.72. The van der Waals surface area contributed by atoms with Crippen LogP contribution in [0.3, 0.4) is 0 Å². The zero-order valence-corrected chi connectivity index (χ0v) is 18.2. The lowest BCUT2D eigenvalue weighted by Crippen LogP contribution is -2.34. The molecule has 1 heterocycles. The minimum absolute atomic E-state index is 0.176. The molecule has 0 spiro atoms. The van der Waals surface area contributed by atoms with Crippen LogP contribution in [0.2, 0.25) is 0 Å². The predicted molar refractivity (Wildman–Crippen MR) is 114 cm³/mol. The van der Waals surface area contributed by atoms with Crippen molar-refractivity contribution in [2.75, 3.05) is 7.11 Å². The Balaban J connectivity index is 1.85. The first-order valence-corrected chi connectivity index (χ1v) is 10.3. The van der Waals surface area contributed by atoms with Crippen molar-refractivity contribution in [3.8, 4) is 11.5 Å². The summed E-state index contributed by atoms with van der Waals surface area (Å²) >= 11 is 4.47. The van der Waals surface area contributed by atoms with Gasteiger partial charge in [-0.1, -0.05) is 46.3 Å². The van der Waals surface area contributed by atoms with Gasteiger partial charge in [0.1, 0.15) is 6.61 Å². The molecule has 0 bridgehead atoms. The molecule has 0 aliphatic carbocycles. The Morgan fingerprint density at radius 3 is 2.46 bits per heavy atom. The maximum absolute atomic E-state index is 12.5. The van der Waals surface area contributed by atoms with E-state index < -0.39 is 0 Å². The molecule has 5 nitrogen and oxygen atoms in total. The molecule has 3 rings (SSSR count). The zero-order chi connectivity index (χ0) is 20.3. The number of carbonyl (C=O) groups excluding carboxylic acids is 2. The first-order chi connectivity index (χ1) is 13.4. The summed E-state index contributed by atoms with van der Waals surface area (Å²) in [6.45, 7) is 4.05. The number of benzene rings is 2. The molecule has 0 saturated carbocycles. The third-order valence-electron chi connectivity index (χ3n) is 4.15. The highest BCUT2D eigenvalue weighted by molar-refractivity contribution is 9.10. The van der Waals surface area contributed by atoms with Crippen molar-refractivity contribution in [3.05, 3.63) is 63.0 Å². The van der Waals surface area contributed by atoms with E-state index in [-0.39, 0.29) is 17.2 Å². The van der Waals surface area contributed by atoms with Crippen LogP contribution in [0.5, 0.6) is 11.5 Å². The maximum Gasteiger partial charge on any atom is 0.293 e. The van der Waals surface area contributed by atoms with E-state index >= 15 is 0 Å². The van der Waals surface area contributed by atoms with Gasteiger partial charge >= 0.3 is 0 Å². The Kier molecular flexibility index (Phi) is 6.46. The van der Waals surface area contributed by atoms with Gasteiger partial charge < -0.3 is 9.47 Å². The van der Waals surface area contributed by atoms with E-state index in [1.807, 2.05) is 44.2 Å². The number of thioether (sulfide) groups is 1. The number of ether oxygens (including phenoxy) is 2. The van der Waals surface area contributed by atoms with Crippen molar-refractivity contribution >= 4 is 44.9 Å². The first-order valence-electron chi connectivity index (χ1n) is 8.72. The minimum atomic E-state index is -0.278. The average molecular weight is 462 g/mol. The molecule has 2 aromatic rings. The predicted octanol–water partition coefficient (Wildman–Crippen LogP) is 5.48. The van der Waals surface area contributed by atoms with Crippen LogP contribution in [0.25, 0.3) is 6.08 Å². The SMILES string of the molecule is COc1cc(/C=C2/SC(=O)N(C(C)C)C2=O)c(Br)cc1OCc1ccccc1. The smallest absolute Gasteiger partial charge is 0.293 e. The Morgan fingerprint density at radius 2 is 1.86 bits per heavy atom. The quantitative estimate of drug-likeness (QED) is 0.532. The van der Waals surface area contributed by atoms with Crippen molar-refractivity contribution in [1.29, 1.82) is 0 Å². The molecule has 1 aliphatic rings. The number of rotatable bonds is 6. The van der Waals surface area contributed by atoms with E-state index in [1.54, 1.807) is 25.3 Å². The number of hydrogen-bond donors (Lipinski definition) is 0. The fourth-order valence-electron chi connectivity index (χ4n) is 2.74. The molecular weight excluding hydrogens is 442 g/mol. The van der Waals surface area contributed by atoms with Crippen molar-refractivity contribution < 1.29 is 19.1 Å². The van der Waals surface area contributed by atoms with Crippen LogP contribution in [-0.4, -0.2) is 29.2 Å². The minimum Gasteiger partial charge on any atom is -0.493 e. The molecule has 0 aromatic heterocycles. The van der Waals surface area contributed by atoms with Gasteiger partial charge in [-0.2, -0.15) is 0 Å². The fraction of sp³-hybridized carbons (Fsp3) is 0.238. The van der Waals surface area contributed by atoms with Gasteiger partial charge in [-0.25, -0.2) is 0 Å². The van der Waals surface area contributed by atoms with Crippen molar-refractivity contribution in [1.82, 2.24) is 4.90 Å². The summed E-state index contributed by atoms with van der Waals surface area (Å²) in [6.07, 6.45) is 1.70. The second kappa shape index (κ2) is 8.84. The van der Waals surface area contributed by atoms with Gasteiger partial charge in [-0.3, -0.25) is 14.5 Å². The Morgan fingerprint density at radius 1 is 1.14 bits per heavy atom. The molecule has 0 unspecified atom stereocenters. The topological polar surface area (TPSA) is 55.8 Å². The summed E-state index contributed by atoms with van der Waals surface area (Å²) in [5.41, 5.74) is 1.78. The van der Waals surface area contributed by atoms with Gasteiger partial charge in [-0.05, 0) is 54.9 Å². The van der Waals surface area contributed by atoms with E-state index in [9.17, 15) is 9.59 Å². The third kappa shape index (κ3) is 4.42. The number of nitrogens with zero attached hydrogens (tertiary/aromatic N) is 1. The molecule has 146 valence electrons. The second-order valence-corrected chi connectivity index (χ2v) is 8.29. The highest BCUT2D eigenvalue weighted by atomic mass is 79.9. The number of halogens is 1. The van der Waals surface area contributed by atoms with Crippen LogP contribution in [0, 0.1) is 0 Å². The summed E-state index contributed by atoms with van der Waals surface area (Å²) in [4.78, 5) is 26.2. The first kappa shape index (κ1) is 20.5. The normalized spacial score (nSPS) is 15.6. The molecule has 0 radical (unpaired) electrons. The van der Waals surface area contributed by atoms with Crippen LogP contribution in [0.1, 0.15) is 25.0 Å². The van der Waals surface area contributed by atoms with E-state index in [4.69, 9.17) is 9.47 Å². The maximum atomic E-state index is 12.5. The Hall–Kier alpha value is -2.25. The molecular formula is C21H20BrNO4S. The number of hydrogen-bond acceptors (Lipinski definition) is 5. The summed E-state index contributed by atoms with van der Waals surface area (Å²) in [7, 11) is 1.56. The molecule has 2 aromatic carbocycles. The van der Waals surface area contributed by atoms with E-state index in [1.165, 1.54) is 4.90 Å². The van der Waals surface area contributed by atoms with Gasteiger partial charge in [0, 0.05) is 10.5 Å².